The Kier molecular flexibility index (Phi) is 5.51. The van der Waals surface area contributed by atoms with Crippen molar-refractivity contribution >= 4 is 40.5 Å². The Balaban J connectivity index is 1.49. The maximum Gasteiger partial charge on any atom is 0.283 e. The molecule has 2 heterocycles. The number of hydrogen-bond donors (Lipinski definition) is 0. The zero-order valence-corrected chi connectivity index (χ0v) is 17.4. The van der Waals surface area contributed by atoms with Gasteiger partial charge >= 0.3 is 0 Å². The quantitative estimate of drug-likeness (QED) is 0.399. The number of benzene rings is 2. The van der Waals surface area contributed by atoms with Crippen molar-refractivity contribution in [2.24, 2.45) is 0 Å². The number of non-ortho nitro benzene ring substituents is 1. The van der Waals surface area contributed by atoms with Crippen molar-refractivity contribution in [2.45, 2.75) is 0 Å². The fourth-order valence-corrected chi connectivity index (χ4v) is 4.00. The lowest BCUT2D eigenvalue weighted by molar-refractivity contribution is -0.384. The number of imide groups is 1. The average Bonchev–Trinajstić information content (AvgIpc) is 3.02. The molecule has 2 amide bonds. The topological polar surface area (TPSA) is 96.2 Å². The number of nitrogens with zero attached hydrogens (tertiary/aromatic N) is 4. The second-order valence-electron chi connectivity index (χ2n) is 7.06. The smallest absolute Gasteiger partial charge is 0.283 e. The van der Waals surface area contributed by atoms with E-state index < -0.39 is 16.7 Å². The van der Waals surface area contributed by atoms with Crippen LogP contribution in [0.5, 0.6) is 5.75 Å². The zero-order chi connectivity index (χ0) is 22.1. The summed E-state index contributed by atoms with van der Waals surface area (Å²) < 4.78 is 5.28. The summed E-state index contributed by atoms with van der Waals surface area (Å²) in [5.41, 5.74) is 1.29. The standard InChI is InChI=1S/C21H19ClN4O5/c1-31-17-4-2-3-16(13-17)23-9-11-24(12-10-23)19-18(22)20(27)25(21(19)28)14-5-7-15(8-6-14)26(29)30/h2-8,13H,9-12H2,1H3. The maximum absolute atomic E-state index is 13.0. The Morgan fingerprint density at radius 1 is 0.935 bits per heavy atom. The fraction of sp³-hybridized carbons (Fsp3) is 0.238. The number of anilines is 2. The first-order valence-corrected chi connectivity index (χ1v) is 9.95. The third-order valence-electron chi connectivity index (χ3n) is 5.34. The number of nitro benzene ring substituents is 1. The number of ether oxygens (including phenoxy) is 1. The Bertz CT molecular complexity index is 1080. The first-order valence-electron chi connectivity index (χ1n) is 9.57. The Morgan fingerprint density at radius 3 is 2.19 bits per heavy atom. The van der Waals surface area contributed by atoms with Crippen molar-refractivity contribution in [3.05, 3.63) is 69.4 Å². The van der Waals surface area contributed by atoms with E-state index in [9.17, 15) is 19.7 Å². The monoisotopic (exact) mass is 442 g/mol. The number of piperazine rings is 1. The molecule has 2 aromatic rings. The Hall–Kier alpha value is -3.59. The third kappa shape index (κ3) is 3.79. The summed E-state index contributed by atoms with van der Waals surface area (Å²) in [5.74, 6) is -0.398. The number of nitro groups is 1. The molecule has 0 aliphatic carbocycles. The molecule has 0 atom stereocenters. The average molecular weight is 443 g/mol. The first kappa shape index (κ1) is 20.7. The molecule has 0 unspecified atom stereocenters. The van der Waals surface area contributed by atoms with E-state index in [1.165, 1.54) is 24.3 Å². The van der Waals surface area contributed by atoms with Crippen LogP contribution in [0, 0.1) is 10.1 Å². The lowest BCUT2D eigenvalue weighted by Crippen LogP contribution is -2.47. The van der Waals surface area contributed by atoms with E-state index in [2.05, 4.69) is 4.90 Å². The van der Waals surface area contributed by atoms with Crippen LogP contribution in [0.1, 0.15) is 0 Å². The van der Waals surface area contributed by atoms with Crippen LogP contribution in [0.15, 0.2) is 59.3 Å². The number of methoxy groups -OCH3 is 1. The van der Waals surface area contributed by atoms with Gasteiger partial charge in [0.15, 0.2) is 0 Å². The lowest BCUT2D eigenvalue weighted by Gasteiger charge is -2.37. The molecule has 2 aromatic carbocycles. The van der Waals surface area contributed by atoms with E-state index in [-0.39, 0.29) is 22.1 Å². The van der Waals surface area contributed by atoms with Crippen molar-refractivity contribution in [3.8, 4) is 5.75 Å². The molecule has 10 heteroatoms. The summed E-state index contributed by atoms with van der Waals surface area (Å²) in [7, 11) is 1.62. The van der Waals surface area contributed by atoms with Crippen molar-refractivity contribution in [1.29, 1.82) is 0 Å². The molecule has 0 spiro atoms. The molecule has 1 fully saturated rings. The Morgan fingerprint density at radius 2 is 1.58 bits per heavy atom. The predicted octanol–water partition coefficient (Wildman–Crippen LogP) is 2.75. The van der Waals surface area contributed by atoms with Crippen molar-refractivity contribution in [1.82, 2.24) is 4.90 Å². The minimum Gasteiger partial charge on any atom is -0.497 e. The van der Waals surface area contributed by atoms with Gasteiger partial charge in [0, 0.05) is 50.1 Å². The molecule has 0 bridgehead atoms. The van der Waals surface area contributed by atoms with Crippen LogP contribution in [0.25, 0.3) is 0 Å². The van der Waals surface area contributed by atoms with Gasteiger partial charge in [0.05, 0.1) is 17.7 Å². The second-order valence-corrected chi connectivity index (χ2v) is 7.44. The molecule has 2 aliphatic rings. The van der Waals surface area contributed by atoms with E-state index in [0.717, 1.165) is 16.3 Å². The van der Waals surface area contributed by atoms with Gasteiger partial charge in [-0.15, -0.1) is 0 Å². The van der Waals surface area contributed by atoms with Gasteiger partial charge in [0.1, 0.15) is 16.5 Å². The summed E-state index contributed by atoms with van der Waals surface area (Å²) >= 11 is 6.26. The van der Waals surface area contributed by atoms with Crippen LogP contribution < -0.4 is 14.5 Å². The minimum absolute atomic E-state index is 0.129. The van der Waals surface area contributed by atoms with Gasteiger partial charge in [-0.2, -0.15) is 0 Å². The van der Waals surface area contributed by atoms with Gasteiger partial charge < -0.3 is 14.5 Å². The van der Waals surface area contributed by atoms with Crippen molar-refractivity contribution in [3.63, 3.8) is 0 Å². The summed E-state index contributed by atoms with van der Waals surface area (Å²) in [4.78, 5) is 40.9. The number of hydrogen-bond acceptors (Lipinski definition) is 7. The first-order chi connectivity index (χ1) is 14.9. The number of carbonyl (C=O) groups is 2. The molecule has 0 saturated carbocycles. The highest BCUT2D eigenvalue weighted by molar-refractivity contribution is 6.52. The van der Waals surface area contributed by atoms with E-state index in [0.29, 0.717) is 26.2 Å². The highest BCUT2D eigenvalue weighted by Gasteiger charge is 2.42. The number of halogens is 1. The molecule has 0 aromatic heterocycles. The van der Waals surface area contributed by atoms with Gasteiger partial charge in [0.2, 0.25) is 0 Å². The SMILES string of the molecule is COc1cccc(N2CCN(C3=C(Cl)C(=O)N(c4ccc([N+](=O)[O-])cc4)C3=O)CC2)c1. The third-order valence-corrected chi connectivity index (χ3v) is 5.68. The summed E-state index contributed by atoms with van der Waals surface area (Å²) in [6, 6.07) is 12.9. The van der Waals surface area contributed by atoms with Crippen LogP contribution in [0.4, 0.5) is 17.1 Å². The molecule has 4 rings (SSSR count). The van der Waals surface area contributed by atoms with Gasteiger partial charge in [-0.25, -0.2) is 4.90 Å². The van der Waals surface area contributed by atoms with Gasteiger partial charge in [0.25, 0.3) is 17.5 Å². The van der Waals surface area contributed by atoms with Gasteiger partial charge in [-0.3, -0.25) is 19.7 Å². The molecule has 1 saturated heterocycles. The second kappa shape index (κ2) is 8.27. The summed E-state index contributed by atoms with van der Waals surface area (Å²) in [5, 5.41) is 10.7. The van der Waals surface area contributed by atoms with E-state index in [4.69, 9.17) is 16.3 Å². The summed E-state index contributed by atoms with van der Waals surface area (Å²) in [6.45, 7) is 2.30. The van der Waals surface area contributed by atoms with Crippen molar-refractivity contribution < 1.29 is 19.2 Å². The Labute approximate surface area is 183 Å². The summed E-state index contributed by atoms with van der Waals surface area (Å²) in [6.07, 6.45) is 0. The molecule has 9 nitrogen and oxygen atoms in total. The van der Waals surface area contributed by atoms with Crippen LogP contribution >= 0.6 is 11.6 Å². The van der Waals surface area contributed by atoms with Crippen LogP contribution in [-0.2, 0) is 9.59 Å². The van der Waals surface area contributed by atoms with E-state index >= 15 is 0 Å². The highest BCUT2D eigenvalue weighted by Crippen LogP contribution is 2.33. The molecular formula is C21H19ClN4O5. The van der Waals surface area contributed by atoms with Crippen LogP contribution in [0.2, 0.25) is 0 Å². The van der Waals surface area contributed by atoms with Crippen LogP contribution in [0.3, 0.4) is 0 Å². The van der Waals surface area contributed by atoms with Gasteiger partial charge in [-0.05, 0) is 24.3 Å². The normalized spacial score (nSPS) is 16.9. The number of rotatable bonds is 5. The predicted molar refractivity (Wildman–Crippen MR) is 115 cm³/mol. The number of carbonyl (C=O) groups excluding carboxylic acids is 2. The zero-order valence-electron chi connectivity index (χ0n) is 16.7. The van der Waals surface area contributed by atoms with E-state index in [1.54, 1.807) is 7.11 Å². The maximum atomic E-state index is 13.0. The van der Waals surface area contributed by atoms with Crippen LogP contribution in [-0.4, -0.2) is 54.9 Å². The molecular weight excluding hydrogens is 424 g/mol. The lowest BCUT2D eigenvalue weighted by atomic mass is 10.2. The van der Waals surface area contributed by atoms with Gasteiger partial charge in [-0.1, -0.05) is 17.7 Å². The molecule has 31 heavy (non-hydrogen) atoms. The molecule has 160 valence electrons. The molecule has 0 N–H and O–H groups in total. The minimum atomic E-state index is -0.634. The molecule has 0 radical (unpaired) electrons. The fourth-order valence-electron chi connectivity index (χ4n) is 3.72. The number of amides is 2. The van der Waals surface area contributed by atoms with E-state index in [1.807, 2.05) is 29.2 Å². The highest BCUT2D eigenvalue weighted by atomic mass is 35.5. The van der Waals surface area contributed by atoms with Crippen molar-refractivity contribution in [2.75, 3.05) is 43.1 Å². The largest absolute Gasteiger partial charge is 0.497 e. The molecule has 2 aliphatic heterocycles.